The molecule has 19 heavy (non-hydrogen) atoms. The predicted molar refractivity (Wildman–Crippen MR) is 74.5 cm³/mol. The first-order valence-corrected chi connectivity index (χ1v) is 6.36. The number of carbonyl (C=O) groups is 1. The van der Waals surface area contributed by atoms with E-state index in [2.05, 4.69) is 15.0 Å². The van der Waals surface area contributed by atoms with Crippen molar-refractivity contribution < 1.29 is 9.53 Å². The van der Waals surface area contributed by atoms with Gasteiger partial charge in [0.05, 0.1) is 19.2 Å². The lowest BCUT2D eigenvalue weighted by Gasteiger charge is -2.08. The van der Waals surface area contributed by atoms with Gasteiger partial charge in [-0.2, -0.15) is 0 Å². The molecule has 0 radical (unpaired) electrons. The van der Waals surface area contributed by atoms with Crippen LogP contribution in [-0.2, 0) is 11.3 Å². The van der Waals surface area contributed by atoms with Crippen molar-refractivity contribution in [2.45, 2.75) is 6.54 Å². The first-order chi connectivity index (χ1) is 9.10. The minimum Gasteiger partial charge on any atom is -0.465 e. The number of rotatable bonds is 4. The van der Waals surface area contributed by atoms with E-state index in [1.54, 1.807) is 23.6 Å². The number of hydrogen-bond donors (Lipinski definition) is 3. The van der Waals surface area contributed by atoms with Gasteiger partial charge in [-0.25, -0.2) is 4.79 Å². The largest absolute Gasteiger partial charge is 0.465 e. The fraction of sp³-hybridized carbons (Fsp3) is 0.167. The smallest absolute Gasteiger partial charge is 0.340 e. The van der Waals surface area contributed by atoms with Gasteiger partial charge in [-0.3, -0.25) is 4.79 Å². The van der Waals surface area contributed by atoms with E-state index in [9.17, 15) is 9.59 Å². The number of hydrogen-bond acceptors (Lipinski definition) is 6. The molecule has 0 saturated carbocycles. The van der Waals surface area contributed by atoms with Crippen molar-refractivity contribution in [2.24, 2.45) is 0 Å². The molecule has 1 aromatic heterocycles. The number of aromatic amines is 1. The molecule has 4 N–H and O–H groups in total. The van der Waals surface area contributed by atoms with Crippen LogP contribution in [0, 0.1) is 0 Å². The molecule has 0 amide bonds. The number of nitrogens with two attached hydrogens (primary N) is 1. The van der Waals surface area contributed by atoms with E-state index >= 15 is 0 Å². The van der Waals surface area contributed by atoms with E-state index < -0.39 is 5.97 Å². The van der Waals surface area contributed by atoms with Crippen molar-refractivity contribution in [3.8, 4) is 0 Å². The van der Waals surface area contributed by atoms with Crippen LogP contribution in [0.5, 0.6) is 0 Å². The second kappa shape index (κ2) is 5.57. The monoisotopic (exact) mass is 279 g/mol. The van der Waals surface area contributed by atoms with E-state index in [4.69, 9.17) is 5.73 Å². The zero-order valence-corrected chi connectivity index (χ0v) is 11.0. The molecule has 2 rings (SSSR count). The number of carbonyl (C=O) groups excluding carboxylic acids is 1. The number of H-pyrrole nitrogens is 1. The average molecular weight is 279 g/mol. The van der Waals surface area contributed by atoms with Crippen molar-refractivity contribution in [3.05, 3.63) is 44.5 Å². The molecule has 0 saturated heterocycles. The molecule has 1 aromatic carbocycles. The molecule has 0 spiro atoms. The van der Waals surface area contributed by atoms with Crippen molar-refractivity contribution in [2.75, 3.05) is 18.2 Å². The Hall–Kier alpha value is -2.28. The van der Waals surface area contributed by atoms with Gasteiger partial charge in [0.2, 0.25) is 0 Å². The summed E-state index contributed by atoms with van der Waals surface area (Å²) in [6, 6.07) is 5.00. The quantitative estimate of drug-likeness (QED) is 0.581. The Labute approximate surface area is 113 Å². The van der Waals surface area contributed by atoms with Gasteiger partial charge < -0.3 is 20.8 Å². The van der Waals surface area contributed by atoms with Gasteiger partial charge in [0, 0.05) is 22.4 Å². The molecule has 0 atom stereocenters. The van der Waals surface area contributed by atoms with Crippen molar-refractivity contribution >= 4 is 28.7 Å². The van der Waals surface area contributed by atoms with Crippen LogP contribution in [-0.4, -0.2) is 18.1 Å². The van der Waals surface area contributed by atoms with Crippen LogP contribution in [0.4, 0.5) is 11.4 Å². The van der Waals surface area contributed by atoms with Crippen molar-refractivity contribution in [1.29, 1.82) is 0 Å². The van der Waals surface area contributed by atoms with Gasteiger partial charge in [-0.15, -0.1) is 0 Å². The number of benzene rings is 1. The Bertz CT molecular complexity index is 648. The maximum atomic E-state index is 11.5. The Kier molecular flexibility index (Phi) is 3.86. The number of methoxy groups -OCH3 is 1. The lowest BCUT2D eigenvalue weighted by molar-refractivity contribution is 0.0602. The third-order valence-corrected chi connectivity index (χ3v) is 3.23. The molecule has 0 unspecified atom stereocenters. The summed E-state index contributed by atoms with van der Waals surface area (Å²) in [5, 5.41) is 4.84. The molecule has 100 valence electrons. The number of thiazole rings is 1. The minimum atomic E-state index is -0.481. The van der Waals surface area contributed by atoms with E-state index in [1.807, 2.05) is 0 Å². The molecule has 6 nitrogen and oxygen atoms in total. The summed E-state index contributed by atoms with van der Waals surface area (Å²) in [6.07, 6.45) is 0. The topological polar surface area (TPSA) is 97.2 Å². The Morgan fingerprint density at radius 2 is 2.32 bits per heavy atom. The Morgan fingerprint density at radius 1 is 1.53 bits per heavy atom. The lowest BCUT2D eigenvalue weighted by Crippen LogP contribution is -2.08. The Balaban J connectivity index is 2.12. The SMILES string of the molecule is COC(=O)c1cc(NCc2csc(=O)[nH]2)ccc1N. The summed E-state index contributed by atoms with van der Waals surface area (Å²) in [7, 11) is 1.30. The molecule has 0 aliphatic rings. The van der Waals surface area contributed by atoms with Crippen LogP contribution < -0.4 is 15.9 Å². The molecule has 0 aliphatic heterocycles. The van der Waals surface area contributed by atoms with Crippen molar-refractivity contribution in [1.82, 2.24) is 4.98 Å². The van der Waals surface area contributed by atoms with Crippen LogP contribution >= 0.6 is 11.3 Å². The third-order valence-electron chi connectivity index (χ3n) is 2.51. The molecule has 0 fully saturated rings. The first-order valence-electron chi connectivity index (χ1n) is 5.48. The first kappa shape index (κ1) is 13.2. The predicted octanol–water partition coefficient (Wildman–Crippen LogP) is 1.42. The van der Waals surface area contributed by atoms with Gasteiger partial charge >= 0.3 is 10.8 Å². The number of aromatic nitrogens is 1. The number of nitrogen functional groups attached to an aromatic ring is 1. The summed E-state index contributed by atoms with van der Waals surface area (Å²) in [5.74, 6) is -0.481. The lowest BCUT2D eigenvalue weighted by atomic mass is 10.1. The number of nitrogens with one attached hydrogen (secondary N) is 2. The maximum absolute atomic E-state index is 11.5. The van der Waals surface area contributed by atoms with Gasteiger partial charge in [-0.1, -0.05) is 11.3 Å². The molecular weight excluding hydrogens is 266 g/mol. The summed E-state index contributed by atoms with van der Waals surface area (Å²) >= 11 is 1.11. The van der Waals surface area contributed by atoms with Gasteiger partial charge in [0.1, 0.15) is 0 Å². The highest BCUT2D eigenvalue weighted by Crippen LogP contribution is 2.19. The summed E-state index contributed by atoms with van der Waals surface area (Å²) in [5.41, 5.74) is 7.88. The van der Waals surface area contributed by atoms with E-state index in [0.29, 0.717) is 17.8 Å². The Morgan fingerprint density at radius 3 is 2.95 bits per heavy atom. The normalized spacial score (nSPS) is 10.2. The average Bonchev–Trinajstić information content (AvgIpc) is 2.83. The van der Waals surface area contributed by atoms with Gasteiger partial charge in [-0.05, 0) is 18.2 Å². The summed E-state index contributed by atoms with van der Waals surface area (Å²) < 4.78 is 4.65. The van der Waals surface area contributed by atoms with Crippen LogP contribution in [0.3, 0.4) is 0 Å². The highest BCUT2D eigenvalue weighted by molar-refractivity contribution is 7.07. The zero-order valence-electron chi connectivity index (χ0n) is 10.2. The second-order valence-corrected chi connectivity index (χ2v) is 4.66. The molecule has 2 aromatic rings. The molecular formula is C12H13N3O3S. The summed E-state index contributed by atoms with van der Waals surface area (Å²) in [6.45, 7) is 0.462. The highest BCUT2D eigenvalue weighted by atomic mass is 32.1. The fourth-order valence-corrected chi connectivity index (χ4v) is 2.13. The van der Waals surface area contributed by atoms with Crippen LogP contribution in [0.15, 0.2) is 28.4 Å². The maximum Gasteiger partial charge on any atom is 0.340 e. The van der Waals surface area contributed by atoms with Crippen molar-refractivity contribution in [3.63, 3.8) is 0 Å². The van der Waals surface area contributed by atoms with E-state index in [-0.39, 0.29) is 4.87 Å². The second-order valence-electron chi connectivity index (χ2n) is 3.82. The van der Waals surface area contributed by atoms with Gasteiger partial charge in [0.15, 0.2) is 0 Å². The molecule has 1 heterocycles. The van der Waals surface area contributed by atoms with Crippen LogP contribution in [0.2, 0.25) is 0 Å². The van der Waals surface area contributed by atoms with E-state index in [0.717, 1.165) is 22.7 Å². The van der Waals surface area contributed by atoms with Crippen LogP contribution in [0.25, 0.3) is 0 Å². The molecule has 7 heteroatoms. The zero-order chi connectivity index (χ0) is 13.8. The van der Waals surface area contributed by atoms with E-state index in [1.165, 1.54) is 7.11 Å². The highest BCUT2D eigenvalue weighted by Gasteiger charge is 2.10. The fourth-order valence-electron chi connectivity index (χ4n) is 1.55. The molecule has 0 bridgehead atoms. The van der Waals surface area contributed by atoms with Gasteiger partial charge in [0.25, 0.3) is 0 Å². The molecule has 0 aliphatic carbocycles. The third kappa shape index (κ3) is 3.14. The number of ether oxygens (including phenoxy) is 1. The standard InChI is InChI=1S/C12H13N3O3S/c1-18-11(16)9-4-7(2-3-10(9)13)14-5-8-6-19-12(17)15-8/h2-4,6,14H,5,13H2,1H3,(H,15,17). The van der Waals surface area contributed by atoms with Crippen LogP contribution in [0.1, 0.15) is 16.1 Å². The number of anilines is 2. The number of esters is 1. The minimum absolute atomic E-state index is 0.0932. The summed E-state index contributed by atoms with van der Waals surface area (Å²) in [4.78, 5) is 25.1.